The predicted octanol–water partition coefficient (Wildman–Crippen LogP) is 1.07. The van der Waals surface area contributed by atoms with E-state index in [9.17, 15) is 4.79 Å². The van der Waals surface area contributed by atoms with E-state index in [1.165, 1.54) is 11.1 Å². The lowest BCUT2D eigenvalue weighted by Crippen LogP contribution is -2.32. The van der Waals surface area contributed by atoms with Gasteiger partial charge in [-0.1, -0.05) is 12.1 Å². The first-order chi connectivity index (χ1) is 9.08. The molecule has 2 rings (SSSR count). The molecule has 19 heavy (non-hydrogen) atoms. The third-order valence-electron chi connectivity index (χ3n) is 3.54. The highest BCUT2D eigenvalue weighted by Crippen LogP contribution is 2.27. The van der Waals surface area contributed by atoms with Gasteiger partial charge in [0.1, 0.15) is 0 Å². The summed E-state index contributed by atoms with van der Waals surface area (Å²) in [6, 6.07) is 6.60. The van der Waals surface area contributed by atoms with Gasteiger partial charge < -0.3 is 16.0 Å². The Morgan fingerprint density at radius 1 is 1.42 bits per heavy atom. The van der Waals surface area contributed by atoms with Crippen molar-refractivity contribution >= 4 is 11.6 Å². The lowest BCUT2D eigenvalue weighted by atomic mass is 9.98. The van der Waals surface area contributed by atoms with Crippen molar-refractivity contribution in [3.05, 3.63) is 29.3 Å². The molecule has 1 amide bonds. The van der Waals surface area contributed by atoms with E-state index in [0.29, 0.717) is 6.42 Å². The standard InChI is InChI=1S/C15H23N3O/c1-11(16)10-17-8-7-12-3-5-14-13(9-12)4-6-15(19)18(14)2/h3,5,9,11,17H,4,6-8,10,16H2,1-2H3. The van der Waals surface area contributed by atoms with Gasteiger partial charge in [0.15, 0.2) is 0 Å². The number of carbonyl (C=O) groups excluding carboxylic acids is 1. The van der Waals surface area contributed by atoms with Crippen molar-refractivity contribution in [3.63, 3.8) is 0 Å². The summed E-state index contributed by atoms with van der Waals surface area (Å²) in [6.45, 7) is 3.79. The van der Waals surface area contributed by atoms with E-state index < -0.39 is 0 Å². The van der Waals surface area contributed by atoms with Gasteiger partial charge in [0.25, 0.3) is 0 Å². The molecule has 0 radical (unpaired) electrons. The van der Waals surface area contributed by atoms with Crippen LogP contribution in [0, 0.1) is 0 Å². The van der Waals surface area contributed by atoms with E-state index in [1.54, 1.807) is 4.90 Å². The van der Waals surface area contributed by atoms with Crippen LogP contribution in [0.1, 0.15) is 24.5 Å². The molecule has 0 spiro atoms. The summed E-state index contributed by atoms with van der Waals surface area (Å²) in [5, 5.41) is 3.34. The normalized spacial score (nSPS) is 16.4. The van der Waals surface area contributed by atoms with Crippen molar-refractivity contribution in [2.75, 3.05) is 25.0 Å². The van der Waals surface area contributed by atoms with E-state index >= 15 is 0 Å². The summed E-state index contributed by atoms with van der Waals surface area (Å²) in [5.74, 6) is 0.207. The number of benzene rings is 1. The van der Waals surface area contributed by atoms with Crippen molar-refractivity contribution in [3.8, 4) is 0 Å². The fourth-order valence-corrected chi connectivity index (χ4v) is 2.43. The predicted molar refractivity (Wildman–Crippen MR) is 78.4 cm³/mol. The van der Waals surface area contributed by atoms with Gasteiger partial charge in [0, 0.05) is 31.7 Å². The first-order valence-electron chi connectivity index (χ1n) is 6.92. The Kier molecular flexibility index (Phi) is 4.56. The number of nitrogens with two attached hydrogens (primary N) is 1. The second-order valence-electron chi connectivity index (χ2n) is 5.35. The van der Waals surface area contributed by atoms with Crippen molar-refractivity contribution in [2.24, 2.45) is 5.73 Å². The minimum absolute atomic E-state index is 0.197. The summed E-state index contributed by atoms with van der Waals surface area (Å²) in [5.41, 5.74) is 9.35. The average molecular weight is 261 g/mol. The summed E-state index contributed by atoms with van der Waals surface area (Å²) >= 11 is 0. The van der Waals surface area contributed by atoms with E-state index in [1.807, 2.05) is 14.0 Å². The highest BCUT2D eigenvalue weighted by atomic mass is 16.2. The van der Waals surface area contributed by atoms with Crippen LogP contribution >= 0.6 is 0 Å². The third-order valence-corrected chi connectivity index (χ3v) is 3.54. The third kappa shape index (κ3) is 3.55. The number of hydrogen-bond donors (Lipinski definition) is 2. The van der Waals surface area contributed by atoms with Gasteiger partial charge in [0.05, 0.1) is 0 Å². The molecule has 1 aromatic carbocycles. The quantitative estimate of drug-likeness (QED) is 0.780. The zero-order valence-corrected chi connectivity index (χ0v) is 11.8. The Hall–Kier alpha value is -1.39. The molecule has 0 saturated carbocycles. The Morgan fingerprint density at radius 3 is 2.95 bits per heavy atom. The van der Waals surface area contributed by atoms with Crippen LogP contribution in [0.4, 0.5) is 5.69 Å². The number of carbonyl (C=O) groups is 1. The molecule has 0 aliphatic carbocycles. The number of fused-ring (bicyclic) bond motifs is 1. The molecule has 1 aliphatic heterocycles. The molecule has 3 N–H and O–H groups in total. The maximum Gasteiger partial charge on any atom is 0.227 e. The molecule has 0 bridgehead atoms. The van der Waals surface area contributed by atoms with Gasteiger partial charge in [-0.25, -0.2) is 0 Å². The smallest absolute Gasteiger partial charge is 0.227 e. The average Bonchev–Trinajstić information content (AvgIpc) is 2.39. The maximum atomic E-state index is 11.6. The number of rotatable bonds is 5. The van der Waals surface area contributed by atoms with Crippen LogP contribution in [-0.4, -0.2) is 32.1 Å². The van der Waals surface area contributed by atoms with Gasteiger partial charge >= 0.3 is 0 Å². The fourth-order valence-electron chi connectivity index (χ4n) is 2.43. The molecule has 4 nitrogen and oxygen atoms in total. The van der Waals surface area contributed by atoms with Crippen LogP contribution < -0.4 is 16.0 Å². The van der Waals surface area contributed by atoms with Gasteiger partial charge in [-0.15, -0.1) is 0 Å². The number of anilines is 1. The molecule has 1 unspecified atom stereocenters. The molecule has 1 aliphatic rings. The Bertz CT molecular complexity index is 457. The monoisotopic (exact) mass is 261 g/mol. The zero-order valence-electron chi connectivity index (χ0n) is 11.8. The minimum Gasteiger partial charge on any atom is -0.327 e. The number of hydrogen-bond acceptors (Lipinski definition) is 3. The van der Waals surface area contributed by atoms with Gasteiger partial charge in [-0.3, -0.25) is 4.79 Å². The van der Waals surface area contributed by atoms with E-state index in [0.717, 1.165) is 31.6 Å². The second kappa shape index (κ2) is 6.17. The molecular formula is C15H23N3O. The maximum absolute atomic E-state index is 11.6. The number of aryl methyl sites for hydroxylation is 1. The van der Waals surface area contributed by atoms with Crippen LogP contribution in [0.15, 0.2) is 18.2 Å². The Labute approximate surface area is 115 Å². The lowest BCUT2D eigenvalue weighted by molar-refractivity contribution is -0.118. The Morgan fingerprint density at radius 2 is 2.21 bits per heavy atom. The lowest BCUT2D eigenvalue weighted by Gasteiger charge is -2.26. The molecule has 1 heterocycles. The molecule has 0 saturated heterocycles. The Balaban J connectivity index is 1.96. The van der Waals surface area contributed by atoms with Crippen molar-refractivity contribution in [1.29, 1.82) is 0 Å². The van der Waals surface area contributed by atoms with Gasteiger partial charge in [-0.2, -0.15) is 0 Å². The molecule has 0 fully saturated rings. The zero-order chi connectivity index (χ0) is 13.8. The molecular weight excluding hydrogens is 238 g/mol. The van der Waals surface area contributed by atoms with Crippen LogP contribution in [-0.2, 0) is 17.6 Å². The molecule has 4 heteroatoms. The molecule has 0 aromatic heterocycles. The molecule has 1 aromatic rings. The fraction of sp³-hybridized carbons (Fsp3) is 0.533. The summed E-state index contributed by atoms with van der Waals surface area (Å²) in [7, 11) is 1.85. The highest BCUT2D eigenvalue weighted by Gasteiger charge is 2.20. The van der Waals surface area contributed by atoms with E-state index in [-0.39, 0.29) is 11.9 Å². The van der Waals surface area contributed by atoms with Crippen LogP contribution in [0.5, 0.6) is 0 Å². The van der Waals surface area contributed by atoms with Gasteiger partial charge in [-0.05, 0) is 43.5 Å². The first-order valence-corrected chi connectivity index (χ1v) is 6.92. The largest absolute Gasteiger partial charge is 0.327 e. The summed E-state index contributed by atoms with van der Waals surface area (Å²) in [6.07, 6.45) is 2.48. The van der Waals surface area contributed by atoms with Crippen LogP contribution in [0.25, 0.3) is 0 Å². The van der Waals surface area contributed by atoms with E-state index in [4.69, 9.17) is 5.73 Å². The van der Waals surface area contributed by atoms with Crippen molar-refractivity contribution in [2.45, 2.75) is 32.2 Å². The summed E-state index contributed by atoms with van der Waals surface area (Å²) in [4.78, 5) is 13.4. The molecule has 1 atom stereocenters. The van der Waals surface area contributed by atoms with Crippen molar-refractivity contribution < 1.29 is 4.79 Å². The SMILES string of the molecule is CC(N)CNCCc1ccc2c(c1)CCC(=O)N2C. The first kappa shape index (κ1) is 14.0. The number of amides is 1. The highest BCUT2D eigenvalue weighted by molar-refractivity contribution is 5.95. The van der Waals surface area contributed by atoms with Crippen molar-refractivity contribution in [1.82, 2.24) is 5.32 Å². The van der Waals surface area contributed by atoms with Crippen LogP contribution in [0.2, 0.25) is 0 Å². The second-order valence-corrected chi connectivity index (χ2v) is 5.35. The van der Waals surface area contributed by atoms with Crippen LogP contribution in [0.3, 0.4) is 0 Å². The van der Waals surface area contributed by atoms with E-state index in [2.05, 4.69) is 23.5 Å². The number of nitrogens with zero attached hydrogens (tertiary/aromatic N) is 1. The molecule has 104 valence electrons. The van der Waals surface area contributed by atoms with Gasteiger partial charge in [0.2, 0.25) is 5.91 Å². The summed E-state index contributed by atoms with van der Waals surface area (Å²) < 4.78 is 0. The number of nitrogens with one attached hydrogen (secondary N) is 1. The topological polar surface area (TPSA) is 58.4 Å². The minimum atomic E-state index is 0.197.